The monoisotopic (exact) mass is 347 g/mol. The molecular weight excluding hydrogens is 340 g/mol. The molecule has 0 N–H and O–H groups in total. The number of rotatable bonds is 3. The van der Waals surface area contributed by atoms with Crippen LogP contribution in [0.4, 0.5) is 0 Å². The summed E-state index contributed by atoms with van der Waals surface area (Å²) in [7, 11) is 0. The summed E-state index contributed by atoms with van der Waals surface area (Å²) in [5.74, 6) is 0.885. The topological polar surface area (TPSA) is 47.8 Å². The van der Waals surface area contributed by atoms with Crippen LogP contribution < -0.4 is 0 Å². The Morgan fingerprint density at radius 1 is 1.50 bits per heavy atom. The minimum Gasteiger partial charge on any atom is -0.280 e. The van der Waals surface area contributed by atoms with Crippen LogP contribution >= 0.6 is 34.2 Å². The van der Waals surface area contributed by atoms with Crippen LogP contribution in [0.5, 0.6) is 0 Å². The number of alkyl halides is 1. The number of carbonyl (C=O) groups is 1. The van der Waals surface area contributed by atoms with Gasteiger partial charge >= 0.3 is 0 Å². The lowest BCUT2D eigenvalue weighted by Gasteiger charge is -2.01. The van der Waals surface area contributed by atoms with E-state index in [-0.39, 0.29) is 9.67 Å². The molecule has 0 aliphatic carbocycles. The molecule has 0 unspecified atom stereocenters. The van der Waals surface area contributed by atoms with Gasteiger partial charge in [-0.15, -0.1) is 11.6 Å². The molecule has 0 saturated heterocycles. The normalized spacial score (nSPS) is 10.4. The number of pyridine rings is 1. The van der Waals surface area contributed by atoms with Crippen molar-refractivity contribution in [1.82, 2.24) is 14.8 Å². The molecule has 0 aliphatic rings. The van der Waals surface area contributed by atoms with Gasteiger partial charge in [0.15, 0.2) is 5.82 Å². The van der Waals surface area contributed by atoms with Gasteiger partial charge in [0.1, 0.15) is 5.69 Å². The Labute approximate surface area is 111 Å². The highest BCUT2D eigenvalue weighted by atomic mass is 127. The molecule has 0 aliphatic heterocycles. The molecule has 16 heavy (non-hydrogen) atoms. The smallest absolute Gasteiger partial charge is 0.240 e. The van der Waals surface area contributed by atoms with Crippen LogP contribution in [-0.2, 0) is 5.88 Å². The number of hydrogen-bond acceptors (Lipinski definition) is 3. The number of aromatic nitrogens is 3. The average Bonchev–Trinajstić information content (AvgIpc) is 2.74. The quantitative estimate of drug-likeness (QED) is 0.487. The van der Waals surface area contributed by atoms with Crippen LogP contribution in [-0.4, -0.2) is 18.6 Å². The van der Waals surface area contributed by atoms with Gasteiger partial charge in [0.05, 0.1) is 11.6 Å². The molecule has 2 heterocycles. The van der Waals surface area contributed by atoms with E-state index in [2.05, 4.69) is 10.1 Å². The third kappa shape index (κ3) is 2.25. The molecule has 2 rings (SSSR count). The molecule has 0 spiro atoms. The van der Waals surface area contributed by atoms with Crippen molar-refractivity contribution in [3.8, 4) is 5.82 Å². The zero-order valence-corrected chi connectivity index (χ0v) is 11.0. The van der Waals surface area contributed by atoms with Crippen molar-refractivity contribution in [2.75, 3.05) is 0 Å². The summed E-state index contributed by atoms with van der Waals surface area (Å²) < 4.78 is 1.42. The maximum Gasteiger partial charge on any atom is 0.240 e. The Hall–Kier alpha value is -0.950. The van der Waals surface area contributed by atoms with Crippen molar-refractivity contribution < 1.29 is 4.79 Å². The van der Waals surface area contributed by atoms with E-state index in [9.17, 15) is 4.79 Å². The van der Waals surface area contributed by atoms with E-state index >= 15 is 0 Å². The molecule has 0 fully saturated rings. The van der Waals surface area contributed by atoms with Gasteiger partial charge in [-0.05, 0) is 18.2 Å². The molecular formula is C10H7ClIN3O. The Kier molecular flexibility index (Phi) is 3.55. The zero-order valence-electron chi connectivity index (χ0n) is 8.10. The summed E-state index contributed by atoms with van der Waals surface area (Å²) in [4.78, 5) is 15.6. The molecule has 0 saturated carbocycles. The van der Waals surface area contributed by atoms with E-state index in [1.165, 1.54) is 4.68 Å². The zero-order chi connectivity index (χ0) is 11.5. The highest BCUT2D eigenvalue weighted by Gasteiger charge is 2.14. The van der Waals surface area contributed by atoms with Crippen molar-refractivity contribution in [1.29, 1.82) is 0 Å². The predicted octanol–water partition coefficient (Wildman–Crippen LogP) is 2.58. The van der Waals surface area contributed by atoms with Crippen molar-refractivity contribution in [2.24, 2.45) is 0 Å². The van der Waals surface area contributed by atoms with Crippen molar-refractivity contribution in [3.63, 3.8) is 0 Å². The lowest BCUT2D eigenvalue weighted by molar-refractivity contribution is 0.109. The fourth-order valence-corrected chi connectivity index (χ4v) is 1.80. The Balaban J connectivity index is 2.55. The Bertz CT molecular complexity index is 512. The van der Waals surface area contributed by atoms with Crippen LogP contribution in [0, 0.1) is 0 Å². The SMILES string of the molecule is O=C(I)c1cc(CCl)nn1-c1ccccn1. The van der Waals surface area contributed by atoms with Crippen LogP contribution in [0.15, 0.2) is 30.5 Å². The standard InChI is InChI=1S/C10H7ClIN3O/c11-6-7-5-8(10(12)16)15(14-7)9-3-1-2-4-13-9/h1-5H,6H2. The lowest BCUT2D eigenvalue weighted by Crippen LogP contribution is -2.05. The number of hydrogen-bond donors (Lipinski definition) is 0. The summed E-state index contributed by atoms with van der Waals surface area (Å²) in [6.07, 6.45) is 1.65. The maximum absolute atomic E-state index is 11.4. The van der Waals surface area contributed by atoms with E-state index in [0.29, 0.717) is 17.2 Å². The van der Waals surface area contributed by atoms with E-state index in [0.717, 1.165) is 0 Å². The summed E-state index contributed by atoms with van der Waals surface area (Å²) in [6.45, 7) is 0. The van der Waals surface area contributed by atoms with Crippen molar-refractivity contribution in [2.45, 2.75) is 5.88 Å². The summed E-state index contributed by atoms with van der Waals surface area (Å²) in [5, 5.41) is 4.22. The highest BCUT2D eigenvalue weighted by Crippen LogP contribution is 2.15. The van der Waals surface area contributed by atoms with Crippen LogP contribution in [0.3, 0.4) is 0 Å². The Morgan fingerprint density at radius 3 is 2.88 bits per heavy atom. The van der Waals surface area contributed by atoms with Gasteiger partial charge in [-0.3, -0.25) is 4.79 Å². The fraction of sp³-hybridized carbons (Fsp3) is 0.100. The molecule has 2 aromatic rings. The van der Waals surface area contributed by atoms with E-state index < -0.39 is 0 Å². The second-order valence-corrected chi connectivity index (χ2v) is 4.28. The molecule has 2 aromatic heterocycles. The largest absolute Gasteiger partial charge is 0.280 e. The molecule has 0 aromatic carbocycles. The molecule has 82 valence electrons. The molecule has 0 bridgehead atoms. The number of nitrogens with zero attached hydrogens (tertiary/aromatic N) is 3. The fourth-order valence-electron chi connectivity index (χ4n) is 1.29. The van der Waals surface area contributed by atoms with E-state index in [1.54, 1.807) is 47.0 Å². The summed E-state index contributed by atoms with van der Waals surface area (Å²) in [5.41, 5.74) is 1.14. The van der Waals surface area contributed by atoms with Gasteiger partial charge in [-0.25, -0.2) is 9.67 Å². The first-order chi connectivity index (χ1) is 7.72. The van der Waals surface area contributed by atoms with E-state index in [1.807, 2.05) is 6.07 Å². The minimum absolute atomic E-state index is 0.0906. The number of halogens is 2. The van der Waals surface area contributed by atoms with Gasteiger partial charge in [0.25, 0.3) is 0 Å². The third-order valence-corrected chi connectivity index (χ3v) is 2.79. The van der Waals surface area contributed by atoms with Gasteiger partial charge in [-0.2, -0.15) is 5.10 Å². The molecule has 0 radical (unpaired) electrons. The Morgan fingerprint density at radius 2 is 2.31 bits per heavy atom. The van der Waals surface area contributed by atoms with Gasteiger partial charge in [-0.1, -0.05) is 6.07 Å². The first-order valence-electron chi connectivity index (χ1n) is 4.48. The third-order valence-electron chi connectivity index (χ3n) is 1.96. The maximum atomic E-state index is 11.4. The summed E-state index contributed by atoms with van der Waals surface area (Å²) >= 11 is 7.41. The molecule has 0 atom stereocenters. The van der Waals surface area contributed by atoms with Gasteiger partial charge in [0, 0.05) is 28.8 Å². The lowest BCUT2D eigenvalue weighted by atomic mass is 10.4. The highest BCUT2D eigenvalue weighted by molar-refractivity contribution is 14.1. The second kappa shape index (κ2) is 4.92. The molecule has 6 heteroatoms. The van der Waals surface area contributed by atoms with Crippen molar-refractivity contribution >= 4 is 38.0 Å². The first kappa shape index (κ1) is 11.5. The second-order valence-electron chi connectivity index (χ2n) is 3.03. The average molecular weight is 348 g/mol. The van der Waals surface area contributed by atoms with Crippen LogP contribution in [0.2, 0.25) is 0 Å². The van der Waals surface area contributed by atoms with Gasteiger partial charge < -0.3 is 0 Å². The minimum atomic E-state index is -0.0906. The summed E-state index contributed by atoms with van der Waals surface area (Å²) in [6, 6.07) is 7.11. The number of carbonyl (C=O) groups excluding carboxylic acids is 1. The van der Waals surface area contributed by atoms with E-state index in [4.69, 9.17) is 11.6 Å². The van der Waals surface area contributed by atoms with Crippen LogP contribution in [0.25, 0.3) is 5.82 Å². The first-order valence-corrected chi connectivity index (χ1v) is 6.10. The van der Waals surface area contributed by atoms with Crippen molar-refractivity contribution in [3.05, 3.63) is 41.9 Å². The molecule has 0 amide bonds. The molecule has 4 nitrogen and oxygen atoms in total. The van der Waals surface area contributed by atoms with Crippen LogP contribution in [0.1, 0.15) is 16.2 Å². The predicted molar refractivity (Wildman–Crippen MR) is 69.3 cm³/mol. The van der Waals surface area contributed by atoms with Gasteiger partial charge in [0.2, 0.25) is 3.79 Å².